The van der Waals surface area contributed by atoms with Crippen LogP contribution in [0.15, 0.2) is 12.2 Å². The van der Waals surface area contributed by atoms with Crippen molar-refractivity contribution >= 4 is 17.9 Å². The molecule has 0 unspecified atom stereocenters. The number of rotatable bonds is 44. The fourth-order valence-electron chi connectivity index (χ4n) is 7.08. The Morgan fingerprint density at radius 1 is 0.345 bits per heavy atom. The van der Waals surface area contributed by atoms with Crippen molar-refractivity contribution < 1.29 is 28.6 Å². The number of esters is 3. The molecule has 0 aromatic rings. The van der Waals surface area contributed by atoms with Crippen LogP contribution in [0.5, 0.6) is 0 Å². The highest BCUT2D eigenvalue weighted by Crippen LogP contribution is 2.15. The summed E-state index contributed by atoms with van der Waals surface area (Å²) in [6, 6.07) is 0. The SMILES string of the molecule is CCCCCC/C=C\CCCCCCCC(=O)OC[C@H](COC(=O)CCCCCCCCCCCCC)OC(=O)CCCCCCCCCCCCCCC. The van der Waals surface area contributed by atoms with Gasteiger partial charge >= 0.3 is 17.9 Å². The van der Waals surface area contributed by atoms with Crippen LogP contribution in [0.3, 0.4) is 0 Å². The maximum Gasteiger partial charge on any atom is 0.306 e. The quantitative estimate of drug-likeness (QED) is 0.0265. The molecule has 0 saturated carbocycles. The van der Waals surface area contributed by atoms with Gasteiger partial charge in [0.2, 0.25) is 0 Å². The van der Waals surface area contributed by atoms with E-state index in [1.54, 1.807) is 0 Å². The molecule has 1 atom stereocenters. The Labute approximate surface area is 341 Å². The summed E-state index contributed by atoms with van der Waals surface area (Å²) in [7, 11) is 0. The van der Waals surface area contributed by atoms with Crippen LogP contribution in [0.25, 0.3) is 0 Å². The van der Waals surface area contributed by atoms with Gasteiger partial charge in [-0.05, 0) is 44.9 Å². The molecule has 0 aliphatic heterocycles. The lowest BCUT2D eigenvalue weighted by atomic mass is 10.0. The summed E-state index contributed by atoms with van der Waals surface area (Å²) in [5.74, 6) is -0.866. The molecule has 324 valence electrons. The number of ether oxygens (including phenoxy) is 3. The smallest absolute Gasteiger partial charge is 0.306 e. The lowest BCUT2D eigenvalue weighted by molar-refractivity contribution is -0.167. The molecule has 0 radical (unpaired) electrons. The summed E-state index contributed by atoms with van der Waals surface area (Å²) in [5.41, 5.74) is 0. The van der Waals surface area contributed by atoms with Gasteiger partial charge in [0.15, 0.2) is 6.10 Å². The molecule has 6 heteroatoms. The van der Waals surface area contributed by atoms with Gasteiger partial charge in [0.25, 0.3) is 0 Å². The second-order valence-corrected chi connectivity index (χ2v) is 16.4. The lowest BCUT2D eigenvalue weighted by Crippen LogP contribution is -2.30. The first-order valence-corrected chi connectivity index (χ1v) is 24.2. The predicted molar refractivity (Wildman–Crippen MR) is 233 cm³/mol. The van der Waals surface area contributed by atoms with E-state index in [1.165, 1.54) is 161 Å². The van der Waals surface area contributed by atoms with Gasteiger partial charge in [0.05, 0.1) is 0 Å². The van der Waals surface area contributed by atoms with E-state index in [0.29, 0.717) is 19.3 Å². The number of carbonyl (C=O) groups excluding carboxylic acids is 3. The minimum absolute atomic E-state index is 0.0678. The molecule has 6 nitrogen and oxygen atoms in total. The average Bonchev–Trinajstić information content (AvgIpc) is 3.18. The summed E-state index contributed by atoms with van der Waals surface area (Å²) in [6.07, 6.45) is 47.6. The van der Waals surface area contributed by atoms with Crippen molar-refractivity contribution in [1.29, 1.82) is 0 Å². The normalized spacial score (nSPS) is 12.0. The highest BCUT2D eigenvalue weighted by Gasteiger charge is 2.19. The maximum absolute atomic E-state index is 12.7. The monoisotopic (exact) mass is 777 g/mol. The highest BCUT2D eigenvalue weighted by atomic mass is 16.6. The van der Waals surface area contributed by atoms with E-state index in [4.69, 9.17) is 14.2 Å². The minimum atomic E-state index is -0.764. The summed E-state index contributed by atoms with van der Waals surface area (Å²) in [4.78, 5) is 37.8. The van der Waals surface area contributed by atoms with Crippen molar-refractivity contribution in [3.63, 3.8) is 0 Å². The third-order valence-electron chi connectivity index (χ3n) is 10.8. The van der Waals surface area contributed by atoms with E-state index in [2.05, 4.69) is 32.9 Å². The van der Waals surface area contributed by atoms with Crippen LogP contribution in [-0.4, -0.2) is 37.2 Å². The molecule has 0 fully saturated rings. The Kier molecular flexibility index (Phi) is 43.4. The molecule has 0 bridgehead atoms. The summed E-state index contributed by atoms with van der Waals surface area (Å²) in [5, 5.41) is 0. The van der Waals surface area contributed by atoms with Crippen molar-refractivity contribution in [3.05, 3.63) is 12.2 Å². The Morgan fingerprint density at radius 2 is 0.600 bits per heavy atom. The first-order valence-electron chi connectivity index (χ1n) is 24.2. The fourth-order valence-corrected chi connectivity index (χ4v) is 7.08. The van der Waals surface area contributed by atoms with E-state index in [0.717, 1.165) is 64.2 Å². The van der Waals surface area contributed by atoms with E-state index in [-0.39, 0.29) is 31.1 Å². The molecule has 0 aromatic heterocycles. The molecular formula is C49H92O6. The Bertz CT molecular complexity index is 854. The van der Waals surface area contributed by atoms with E-state index >= 15 is 0 Å². The molecule has 0 spiro atoms. The molecule has 0 heterocycles. The third kappa shape index (κ3) is 43.1. The Balaban J connectivity index is 4.34. The summed E-state index contributed by atoms with van der Waals surface area (Å²) < 4.78 is 16.7. The molecule has 0 N–H and O–H groups in total. The number of hydrogen-bond donors (Lipinski definition) is 0. The van der Waals surface area contributed by atoms with Crippen molar-refractivity contribution in [1.82, 2.24) is 0 Å². The largest absolute Gasteiger partial charge is 0.462 e. The van der Waals surface area contributed by atoms with Crippen molar-refractivity contribution in [2.24, 2.45) is 0 Å². The lowest BCUT2D eigenvalue weighted by Gasteiger charge is -2.18. The van der Waals surface area contributed by atoms with Gasteiger partial charge in [-0.3, -0.25) is 14.4 Å². The minimum Gasteiger partial charge on any atom is -0.462 e. The zero-order valence-electron chi connectivity index (χ0n) is 37.0. The van der Waals surface area contributed by atoms with Crippen LogP contribution < -0.4 is 0 Å². The molecular weight excluding hydrogens is 685 g/mol. The average molecular weight is 777 g/mol. The van der Waals surface area contributed by atoms with Crippen LogP contribution in [0.4, 0.5) is 0 Å². The molecule has 0 aliphatic rings. The zero-order chi connectivity index (χ0) is 40.1. The molecule has 0 amide bonds. The number of unbranched alkanes of at least 4 members (excludes halogenated alkanes) is 31. The first kappa shape index (κ1) is 53.1. The molecule has 0 aliphatic carbocycles. The second-order valence-electron chi connectivity index (χ2n) is 16.4. The van der Waals surface area contributed by atoms with Gasteiger partial charge in [-0.2, -0.15) is 0 Å². The van der Waals surface area contributed by atoms with Crippen LogP contribution >= 0.6 is 0 Å². The van der Waals surface area contributed by atoms with Gasteiger partial charge in [-0.15, -0.1) is 0 Å². The van der Waals surface area contributed by atoms with E-state index < -0.39 is 6.10 Å². The van der Waals surface area contributed by atoms with Crippen LogP contribution in [0, 0.1) is 0 Å². The number of carbonyl (C=O) groups is 3. The maximum atomic E-state index is 12.7. The first-order chi connectivity index (χ1) is 27.0. The van der Waals surface area contributed by atoms with Gasteiger partial charge < -0.3 is 14.2 Å². The summed E-state index contributed by atoms with van der Waals surface area (Å²) >= 11 is 0. The molecule has 0 saturated heterocycles. The number of hydrogen-bond acceptors (Lipinski definition) is 6. The highest BCUT2D eigenvalue weighted by molar-refractivity contribution is 5.71. The van der Waals surface area contributed by atoms with Crippen molar-refractivity contribution in [2.45, 2.75) is 271 Å². The Morgan fingerprint density at radius 3 is 0.927 bits per heavy atom. The van der Waals surface area contributed by atoms with Gasteiger partial charge in [-0.25, -0.2) is 0 Å². The van der Waals surface area contributed by atoms with E-state index in [1.807, 2.05) is 0 Å². The topological polar surface area (TPSA) is 78.9 Å². The Hall–Kier alpha value is -1.85. The van der Waals surface area contributed by atoms with Crippen molar-refractivity contribution in [2.75, 3.05) is 13.2 Å². The molecule has 0 aromatic carbocycles. The van der Waals surface area contributed by atoms with Gasteiger partial charge in [0, 0.05) is 19.3 Å². The second kappa shape index (κ2) is 44.9. The van der Waals surface area contributed by atoms with Gasteiger partial charge in [-0.1, -0.05) is 213 Å². The van der Waals surface area contributed by atoms with Crippen molar-refractivity contribution in [3.8, 4) is 0 Å². The predicted octanol–water partition coefficient (Wildman–Crippen LogP) is 15.4. The standard InChI is InChI=1S/C49H92O6/c1-4-7-10-13-16-19-22-24-27-30-33-36-39-42-48(51)54-45-46(44-53-47(50)41-38-35-32-29-26-21-18-15-12-9-6-3)55-49(52)43-40-37-34-31-28-25-23-20-17-14-11-8-5-2/h19,22,46H,4-18,20-21,23-45H2,1-3H3/b22-19-/t46-/m0/s1. The zero-order valence-corrected chi connectivity index (χ0v) is 37.0. The number of allylic oxidation sites excluding steroid dienone is 2. The van der Waals surface area contributed by atoms with Crippen LogP contribution in [-0.2, 0) is 28.6 Å². The fraction of sp³-hybridized carbons (Fsp3) is 0.898. The van der Waals surface area contributed by atoms with Gasteiger partial charge in [0.1, 0.15) is 13.2 Å². The third-order valence-corrected chi connectivity index (χ3v) is 10.8. The molecule has 0 rings (SSSR count). The molecule has 55 heavy (non-hydrogen) atoms. The van der Waals surface area contributed by atoms with Crippen LogP contribution in [0.2, 0.25) is 0 Å². The summed E-state index contributed by atoms with van der Waals surface area (Å²) in [6.45, 7) is 6.63. The van der Waals surface area contributed by atoms with E-state index in [9.17, 15) is 14.4 Å². The van der Waals surface area contributed by atoms with Crippen LogP contribution in [0.1, 0.15) is 265 Å².